The number of aromatic nitrogens is 2. The van der Waals surface area contributed by atoms with Crippen LogP contribution in [0.1, 0.15) is 23.2 Å². The summed E-state index contributed by atoms with van der Waals surface area (Å²) in [6.07, 6.45) is 12.6. The molecule has 0 bridgehead atoms. The van der Waals surface area contributed by atoms with Crippen LogP contribution in [0.4, 0.5) is 0 Å². The molecule has 1 N–H and O–H groups in total. The van der Waals surface area contributed by atoms with Crippen LogP contribution in [0.15, 0.2) is 110 Å². The molecule has 0 saturated heterocycles. The highest BCUT2D eigenvalue weighted by Gasteiger charge is 2.06. The lowest BCUT2D eigenvalue weighted by atomic mass is 10.0. The molecule has 4 nitrogen and oxygen atoms in total. The average Bonchev–Trinajstić information content (AvgIpc) is 3.33. The van der Waals surface area contributed by atoms with Crippen molar-refractivity contribution in [2.75, 3.05) is 7.11 Å². The monoisotopic (exact) mass is 448 g/mol. The van der Waals surface area contributed by atoms with E-state index in [-0.39, 0.29) is 0 Å². The van der Waals surface area contributed by atoms with Gasteiger partial charge in [0.05, 0.1) is 12.8 Å². The number of ether oxygens (including phenoxy) is 2. The van der Waals surface area contributed by atoms with Gasteiger partial charge in [-0.1, -0.05) is 66.8 Å². The van der Waals surface area contributed by atoms with Gasteiger partial charge in [-0.2, -0.15) is 0 Å². The van der Waals surface area contributed by atoms with Crippen molar-refractivity contribution in [3.8, 4) is 11.5 Å². The second-order valence-electron chi connectivity index (χ2n) is 8.00. The summed E-state index contributed by atoms with van der Waals surface area (Å²) in [7, 11) is 1.63. The van der Waals surface area contributed by atoms with E-state index >= 15 is 0 Å². The first-order valence-corrected chi connectivity index (χ1v) is 11.1. The van der Waals surface area contributed by atoms with Crippen molar-refractivity contribution in [2.45, 2.75) is 13.0 Å². The summed E-state index contributed by atoms with van der Waals surface area (Å²) < 4.78 is 11.4. The van der Waals surface area contributed by atoms with Gasteiger partial charge in [-0.15, -0.1) is 0 Å². The number of pyridine rings is 1. The molecule has 4 heteroatoms. The minimum atomic E-state index is 0.375. The fourth-order valence-corrected chi connectivity index (χ4v) is 3.56. The molecule has 2 aromatic heterocycles. The zero-order valence-corrected chi connectivity index (χ0v) is 19.3. The number of hydrogen-bond donors (Lipinski definition) is 1. The number of methoxy groups -OCH3 is 1. The molecule has 0 spiro atoms. The topological polar surface area (TPSA) is 47.1 Å². The van der Waals surface area contributed by atoms with Gasteiger partial charge < -0.3 is 14.5 Å². The van der Waals surface area contributed by atoms with Gasteiger partial charge in [0.25, 0.3) is 0 Å². The van der Waals surface area contributed by atoms with Crippen LogP contribution in [0.2, 0.25) is 0 Å². The highest BCUT2D eigenvalue weighted by molar-refractivity contribution is 5.82. The number of allylic oxidation sites excluding steroid dienone is 4. The Morgan fingerprint density at radius 1 is 0.912 bits per heavy atom. The molecular formula is C30H28N2O2. The van der Waals surface area contributed by atoms with Gasteiger partial charge in [-0.25, -0.2) is 0 Å². The van der Waals surface area contributed by atoms with E-state index in [1.165, 1.54) is 5.39 Å². The smallest absolute Gasteiger partial charge is 0.162 e. The summed E-state index contributed by atoms with van der Waals surface area (Å²) in [5.74, 6) is 1.36. The standard InChI is InChI=1S/C30H28N2O2/c1-22(7-9-24-11-13-28-26(19-24)15-17-32-28)18-23(2)8-10-25-12-14-29(33-3)30(20-25)34-21-27-6-4-5-16-31-27/h4-17,19-20,32H,1-2,18,21H2,3H3/b9-7+,10-8+. The summed E-state index contributed by atoms with van der Waals surface area (Å²) in [6, 6.07) is 20.0. The molecule has 0 saturated carbocycles. The van der Waals surface area contributed by atoms with Crippen LogP contribution in [0.5, 0.6) is 11.5 Å². The van der Waals surface area contributed by atoms with Gasteiger partial charge in [0, 0.05) is 17.9 Å². The van der Waals surface area contributed by atoms with E-state index < -0.39 is 0 Å². The Bertz CT molecular complexity index is 1350. The molecule has 0 atom stereocenters. The van der Waals surface area contributed by atoms with Crippen LogP contribution in [-0.4, -0.2) is 17.1 Å². The Balaban J connectivity index is 1.35. The maximum Gasteiger partial charge on any atom is 0.162 e. The lowest BCUT2D eigenvalue weighted by Crippen LogP contribution is -1.99. The maximum atomic E-state index is 5.95. The van der Waals surface area contributed by atoms with Crippen LogP contribution >= 0.6 is 0 Å². The predicted molar refractivity (Wildman–Crippen MR) is 141 cm³/mol. The van der Waals surface area contributed by atoms with Crippen LogP contribution in [-0.2, 0) is 6.61 Å². The lowest BCUT2D eigenvalue weighted by Gasteiger charge is -2.11. The number of aromatic amines is 1. The first-order valence-electron chi connectivity index (χ1n) is 11.1. The molecule has 2 aromatic carbocycles. The molecule has 0 aliphatic carbocycles. The molecule has 170 valence electrons. The number of nitrogens with one attached hydrogen (secondary N) is 1. The molecule has 0 aliphatic rings. The number of rotatable bonds is 10. The van der Waals surface area contributed by atoms with Crippen molar-refractivity contribution in [2.24, 2.45) is 0 Å². The third-order valence-electron chi connectivity index (χ3n) is 5.34. The largest absolute Gasteiger partial charge is 0.493 e. The molecule has 0 radical (unpaired) electrons. The van der Waals surface area contributed by atoms with Crippen LogP contribution < -0.4 is 9.47 Å². The fraction of sp³-hybridized carbons (Fsp3) is 0.100. The maximum absolute atomic E-state index is 5.95. The van der Waals surface area contributed by atoms with E-state index in [4.69, 9.17) is 9.47 Å². The molecule has 0 fully saturated rings. The summed E-state index contributed by atoms with van der Waals surface area (Å²) in [5.41, 5.74) is 6.11. The molecule has 0 amide bonds. The third kappa shape index (κ3) is 6.14. The SMILES string of the molecule is C=C(/C=C/c1ccc(OC)c(OCc2ccccn2)c1)CC(=C)/C=C/c1ccc2[nH]ccc2c1. The van der Waals surface area contributed by atoms with E-state index in [1.54, 1.807) is 13.3 Å². The minimum Gasteiger partial charge on any atom is -0.493 e. The van der Waals surface area contributed by atoms with Gasteiger partial charge >= 0.3 is 0 Å². The van der Waals surface area contributed by atoms with Gasteiger partial charge in [-0.3, -0.25) is 4.98 Å². The number of fused-ring (bicyclic) bond motifs is 1. The summed E-state index contributed by atoms with van der Waals surface area (Å²) in [5, 5.41) is 1.20. The minimum absolute atomic E-state index is 0.375. The predicted octanol–water partition coefficient (Wildman–Crippen LogP) is 7.38. The van der Waals surface area contributed by atoms with Crippen molar-refractivity contribution < 1.29 is 9.47 Å². The van der Waals surface area contributed by atoms with Crippen molar-refractivity contribution in [1.82, 2.24) is 9.97 Å². The molecular weight excluding hydrogens is 420 g/mol. The lowest BCUT2D eigenvalue weighted by molar-refractivity contribution is 0.280. The fourth-order valence-electron chi connectivity index (χ4n) is 3.56. The number of H-pyrrole nitrogens is 1. The Hall–Kier alpha value is -4.31. The average molecular weight is 449 g/mol. The Morgan fingerprint density at radius 3 is 2.41 bits per heavy atom. The number of hydrogen-bond acceptors (Lipinski definition) is 3. The van der Waals surface area contributed by atoms with Crippen molar-refractivity contribution in [3.63, 3.8) is 0 Å². The van der Waals surface area contributed by atoms with E-state index in [9.17, 15) is 0 Å². The van der Waals surface area contributed by atoms with Gasteiger partial charge in [0.2, 0.25) is 0 Å². The van der Waals surface area contributed by atoms with Gasteiger partial charge in [0.15, 0.2) is 11.5 Å². The zero-order chi connectivity index (χ0) is 23.8. The molecule has 4 aromatic rings. The Labute approximate surface area is 200 Å². The van der Waals surface area contributed by atoms with E-state index in [0.29, 0.717) is 24.5 Å². The molecule has 4 rings (SSSR count). The summed E-state index contributed by atoms with van der Waals surface area (Å²) >= 11 is 0. The zero-order valence-electron chi connectivity index (χ0n) is 19.3. The van der Waals surface area contributed by atoms with E-state index in [1.807, 2.05) is 60.8 Å². The number of benzene rings is 2. The van der Waals surface area contributed by atoms with Crippen LogP contribution in [0.3, 0.4) is 0 Å². The Kier molecular flexibility index (Phi) is 7.41. The van der Waals surface area contributed by atoms with Crippen molar-refractivity contribution in [3.05, 3.63) is 126 Å². The van der Waals surface area contributed by atoms with Gasteiger partial charge in [-0.05, 0) is 65.4 Å². The summed E-state index contributed by atoms with van der Waals surface area (Å²) in [4.78, 5) is 7.51. The van der Waals surface area contributed by atoms with Gasteiger partial charge in [0.1, 0.15) is 6.61 Å². The highest BCUT2D eigenvalue weighted by Crippen LogP contribution is 2.29. The first-order chi connectivity index (χ1) is 16.6. The first kappa shape index (κ1) is 22.9. The van der Waals surface area contributed by atoms with Crippen molar-refractivity contribution >= 4 is 23.1 Å². The molecule has 2 heterocycles. The second-order valence-corrected chi connectivity index (χ2v) is 8.00. The Morgan fingerprint density at radius 2 is 1.68 bits per heavy atom. The molecule has 0 aliphatic heterocycles. The second kappa shape index (κ2) is 11.0. The van der Waals surface area contributed by atoms with Crippen LogP contribution in [0.25, 0.3) is 23.1 Å². The quantitative estimate of drug-likeness (QED) is 0.257. The van der Waals surface area contributed by atoms with Crippen molar-refractivity contribution in [1.29, 1.82) is 0 Å². The van der Waals surface area contributed by atoms with E-state index in [2.05, 4.69) is 53.5 Å². The van der Waals surface area contributed by atoms with E-state index in [0.717, 1.165) is 33.5 Å². The molecule has 34 heavy (non-hydrogen) atoms. The summed E-state index contributed by atoms with van der Waals surface area (Å²) in [6.45, 7) is 8.73. The molecule has 0 unspecified atom stereocenters. The van der Waals surface area contributed by atoms with Crippen LogP contribution in [0, 0.1) is 0 Å². The number of nitrogens with zero attached hydrogens (tertiary/aromatic N) is 1. The highest BCUT2D eigenvalue weighted by atomic mass is 16.5. The third-order valence-corrected chi connectivity index (χ3v) is 5.34. The normalized spacial score (nSPS) is 11.3.